The van der Waals surface area contributed by atoms with Crippen molar-refractivity contribution in [3.63, 3.8) is 0 Å². The van der Waals surface area contributed by atoms with Gasteiger partial charge in [0.05, 0.1) is 10.3 Å². The lowest BCUT2D eigenvalue weighted by Gasteiger charge is -2.08. The molecule has 0 aliphatic carbocycles. The second-order valence-electron chi connectivity index (χ2n) is 3.30. The Bertz CT molecular complexity index is 386. The molecule has 0 spiro atoms. The largest absolute Gasteiger partial charge is 0.396 e. The maximum atomic E-state index is 13.0. The Kier molecular flexibility index (Phi) is 4.64. The van der Waals surface area contributed by atoms with Crippen LogP contribution < -0.4 is 0 Å². The summed E-state index contributed by atoms with van der Waals surface area (Å²) in [7, 11) is 0. The van der Waals surface area contributed by atoms with Gasteiger partial charge in [0.15, 0.2) is 0 Å². The highest BCUT2D eigenvalue weighted by Crippen LogP contribution is 2.29. The third kappa shape index (κ3) is 3.15. The molecule has 1 aromatic carbocycles. The maximum absolute atomic E-state index is 13.0. The fraction of sp³-hybridized carbons (Fsp3) is 0.400. The normalized spacial score (nSPS) is 12.4. The van der Waals surface area contributed by atoms with Crippen LogP contribution in [-0.4, -0.2) is 16.6 Å². The van der Waals surface area contributed by atoms with E-state index in [4.69, 9.17) is 16.7 Å². The first-order valence-electron chi connectivity index (χ1n) is 4.75. The number of halogens is 2. The topological polar surface area (TPSA) is 63.4 Å². The summed E-state index contributed by atoms with van der Waals surface area (Å²) in [5.41, 5.74) is -0.0876. The van der Waals surface area contributed by atoms with Gasteiger partial charge in [-0.2, -0.15) is 4.39 Å². The van der Waals surface area contributed by atoms with Crippen molar-refractivity contribution in [1.82, 2.24) is 0 Å². The van der Waals surface area contributed by atoms with Gasteiger partial charge < -0.3 is 5.11 Å². The molecule has 4 nitrogen and oxygen atoms in total. The first-order chi connectivity index (χ1) is 7.56. The van der Waals surface area contributed by atoms with Crippen molar-refractivity contribution in [3.05, 3.63) is 39.7 Å². The molecule has 1 N–H and O–H groups in total. The summed E-state index contributed by atoms with van der Waals surface area (Å²) in [6.45, 7) is 0.00646. The lowest BCUT2D eigenvalue weighted by atomic mass is 10.1. The predicted octanol–water partition coefficient (Wildman–Crippen LogP) is 2.79. The molecule has 1 rings (SSSR count). The van der Waals surface area contributed by atoms with Crippen LogP contribution in [0.15, 0.2) is 18.2 Å². The summed E-state index contributed by atoms with van der Waals surface area (Å²) in [4.78, 5) is 9.71. The van der Waals surface area contributed by atoms with E-state index in [1.54, 1.807) is 0 Å². The summed E-state index contributed by atoms with van der Waals surface area (Å²) in [5.74, 6) is -0.875. The number of rotatable bonds is 5. The van der Waals surface area contributed by atoms with Crippen LogP contribution in [0.5, 0.6) is 0 Å². The monoisotopic (exact) mass is 247 g/mol. The minimum atomic E-state index is -0.875. The quantitative estimate of drug-likeness (QED) is 0.494. The lowest BCUT2D eigenvalue weighted by Crippen LogP contribution is -1.97. The molecule has 88 valence electrons. The van der Waals surface area contributed by atoms with Crippen molar-refractivity contribution in [3.8, 4) is 0 Å². The molecular formula is C10H11ClFNO3. The summed E-state index contributed by atoms with van der Waals surface area (Å²) < 4.78 is 13.0. The third-order valence-electron chi connectivity index (χ3n) is 2.14. The second-order valence-corrected chi connectivity index (χ2v) is 3.83. The molecule has 0 heterocycles. The molecule has 0 bridgehead atoms. The van der Waals surface area contributed by atoms with Crippen molar-refractivity contribution in [2.24, 2.45) is 0 Å². The van der Waals surface area contributed by atoms with E-state index in [1.807, 2.05) is 0 Å². The molecule has 16 heavy (non-hydrogen) atoms. The summed E-state index contributed by atoms with van der Waals surface area (Å²) in [6, 6.07) is 3.57. The fourth-order valence-electron chi connectivity index (χ4n) is 1.30. The molecular weight excluding hydrogens is 237 g/mol. The highest BCUT2D eigenvalue weighted by atomic mass is 35.5. The lowest BCUT2D eigenvalue weighted by molar-refractivity contribution is -0.387. The minimum Gasteiger partial charge on any atom is -0.396 e. The van der Waals surface area contributed by atoms with Crippen LogP contribution in [0.3, 0.4) is 0 Å². The van der Waals surface area contributed by atoms with E-state index in [0.29, 0.717) is 18.4 Å². The van der Waals surface area contributed by atoms with Crippen molar-refractivity contribution in [2.75, 3.05) is 6.61 Å². The average Bonchev–Trinajstić information content (AvgIpc) is 2.26. The Morgan fingerprint density at radius 1 is 1.56 bits per heavy atom. The predicted molar refractivity (Wildman–Crippen MR) is 58.0 cm³/mol. The summed E-state index contributed by atoms with van der Waals surface area (Å²) in [5, 5.41) is 18.7. The average molecular weight is 248 g/mol. The van der Waals surface area contributed by atoms with Crippen molar-refractivity contribution in [2.45, 2.75) is 18.2 Å². The fourth-order valence-corrected chi connectivity index (χ4v) is 1.59. The molecule has 1 atom stereocenters. The molecule has 0 radical (unpaired) electrons. The first-order valence-corrected chi connectivity index (χ1v) is 5.18. The van der Waals surface area contributed by atoms with Gasteiger partial charge in [-0.05, 0) is 24.5 Å². The van der Waals surface area contributed by atoms with Crippen molar-refractivity contribution < 1.29 is 14.4 Å². The molecule has 0 aliphatic rings. The highest BCUT2D eigenvalue weighted by molar-refractivity contribution is 6.20. The van der Waals surface area contributed by atoms with Gasteiger partial charge in [-0.25, -0.2) is 0 Å². The Labute approximate surface area is 96.8 Å². The number of nitro benzene ring substituents is 1. The van der Waals surface area contributed by atoms with Gasteiger partial charge in [0.1, 0.15) is 0 Å². The van der Waals surface area contributed by atoms with E-state index >= 15 is 0 Å². The van der Waals surface area contributed by atoms with E-state index in [2.05, 4.69) is 0 Å². The SMILES string of the molecule is O=[N+]([O-])c1cc(C(Cl)CCCO)ccc1F. The maximum Gasteiger partial charge on any atom is 0.305 e. The number of aliphatic hydroxyl groups excluding tert-OH is 1. The number of nitrogens with zero attached hydrogens (tertiary/aromatic N) is 1. The molecule has 0 fully saturated rings. The Balaban J connectivity index is 2.89. The Morgan fingerprint density at radius 3 is 2.81 bits per heavy atom. The molecule has 0 aromatic heterocycles. The van der Waals surface area contributed by atoms with Gasteiger partial charge in [0, 0.05) is 12.7 Å². The molecule has 6 heteroatoms. The number of alkyl halides is 1. The van der Waals surface area contributed by atoms with Crippen LogP contribution in [0.2, 0.25) is 0 Å². The van der Waals surface area contributed by atoms with E-state index < -0.39 is 21.8 Å². The standard InChI is InChI=1S/C10H11ClFNO3/c11-8(2-1-5-14)7-3-4-9(12)10(6-7)13(15)16/h3-4,6,8,14H,1-2,5H2. The van der Waals surface area contributed by atoms with Crippen LogP contribution in [0.4, 0.5) is 10.1 Å². The van der Waals surface area contributed by atoms with Crippen LogP contribution in [0, 0.1) is 15.9 Å². The third-order valence-corrected chi connectivity index (χ3v) is 2.61. The zero-order valence-electron chi connectivity index (χ0n) is 8.40. The summed E-state index contributed by atoms with van der Waals surface area (Å²) in [6.07, 6.45) is 0.986. The number of hydrogen-bond acceptors (Lipinski definition) is 3. The van der Waals surface area contributed by atoms with Gasteiger partial charge in [-0.3, -0.25) is 10.1 Å². The Morgan fingerprint density at radius 2 is 2.25 bits per heavy atom. The molecule has 0 saturated carbocycles. The number of benzene rings is 1. The number of nitro groups is 1. The molecule has 0 saturated heterocycles. The van der Waals surface area contributed by atoms with Crippen molar-refractivity contribution in [1.29, 1.82) is 0 Å². The zero-order valence-corrected chi connectivity index (χ0v) is 9.15. The van der Waals surface area contributed by atoms with Gasteiger partial charge in [0.25, 0.3) is 0 Å². The summed E-state index contributed by atoms with van der Waals surface area (Å²) >= 11 is 5.96. The smallest absolute Gasteiger partial charge is 0.305 e. The Hall–Kier alpha value is -1.20. The molecule has 1 aromatic rings. The van der Waals surface area contributed by atoms with Crippen molar-refractivity contribution >= 4 is 17.3 Å². The highest BCUT2D eigenvalue weighted by Gasteiger charge is 2.17. The van der Waals surface area contributed by atoms with Gasteiger partial charge >= 0.3 is 5.69 Å². The van der Waals surface area contributed by atoms with Gasteiger partial charge in [-0.15, -0.1) is 11.6 Å². The molecule has 0 amide bonds. The van der Waals surface area contributed by atoms with Gasteiger partial charge in [-0.1, -0.05) is 6.07 Å². The van der Waals surface area contributed by atoms with E-state index in [0.717, 1.165) is 12.1 Å². The van der Waals surface area contributed by atoms with E-state index in [1.165, 1.54) is 6.07 Å². The van der Waals surface area contributed by atoms with E-state index in [9.17, 15) is 14.5 Å². The van der Waals surface area contributed by atoms with Crippen LogP contribution >= 0.6 is 11.6 Å². The van der Waals surface area contributed by atoms with Crippen LogP contribution in [0.25, 0.3) is 0 Å². The molecule has 1 unspecified atom stereocenters. The minimum absolute atomic E-state index is 0.00646. The number of aliphatic hydroxyl groups is 1. The van der Waals surface area contributed by atoms with Crippen LogP contribution in [-0.2, 0) is 0 Å². The molecule has 0 aliphatic heterocycles. The first kappa shape index (κ1) is 12.9. The van der Waals surface area contributed by atoms with Gasteiger partial charge in [0.2, 0.25) is 5.82 Å². The van der Waals surface area contributed by atoms with Crippen LogP contribution in [0.1, 0.15) is 23.8 Å². The van der Waals surface area contributed by atoms with E-state index in [-0.39, 0.29) is 6.61 Å². The second kappa shape index (κ2) is 5.77. The number of hydrogen-bond donors (Lipinski definition) is 1. The zero-order chi connectivity index (χ0) is 12.1.